The number of pyridine rings is 1. The summed E-state index contributed by atoms with van der Waals surface area (Å²) in [5.74, 6) is 1.48. The number of hydrogen-bond acceptors (Lipinski definition) is 7. The maximum absolute atomic E-state index is 12.4. The van der Waals surface area contributed by atoms with E-state index in [2.05, 4.69) is 26.3 Å². The molecule has 0 spiro atoms. The largest absolute Gasteiger partial charge is 0.495 e. The lowest BCUT2D eigenvalue weighted by Gasteiger charge is -2.33. The number of hydrogen-bond donors (Lipinski definition) is 1. The van der Waals surface area contributed by atoms with E-state index in [1.165, 1.54) is 5.56 Å². The molecule has 10 heteroatoms. The Morgan fingerprint density at radius 1 is 1.14 bits per heavy atom. The van der Waals surface area contributed by atoms with Crippen molar-refractivity contribution in [3.63, 3.8) is 0 Å². The number of fused-ring (bicyclic) bond motifs is 1. The number of imidazole rings is 1. The van der Waals surface area contributed by atoms with Crippen LogP contribution in [0.25, 0.3) is 17.0 Å². The van der Waals surface area contributed by atoms with Crippen molar-refractivity contribution < 1.29 is 14.3 Å². The number of nitrogens with one attached hydrogen (secondary N) is 1. The van der Waals surface area contributed by atoms with Gasteiger partial charge >= 0.3 is 0 Å². The number of halogens is 1. The van der Waals surface area contributed by atoms with E-state index < -0.39 is 6.10 Å². The summed E-state index contributed by atoms with van der Waals surface area (Å²) in [5.41, 5.74) is 4.09. The van der Waals surface area contributed by atoms with Gasteiger partial charge in [-0.2, -0.15) is 0 Å². The summed E-state index contributed by atoms with van der Waals surface area (Å²) >= 11 is 6.46. The van der Waals surface area contributed by atoms with Crippen LogP contribution in [-0.2, 0) is 9.53 Å². The van der Waals surface area contributed by atoms with Crippen LogP contribution in [0.2, 0.25) is 5.02 Å². The number of carbonyl (C=O) groups is 1. The second-order valence-corrected chi connectivity index (χ2v) is 9.43. The van der Waals surface area contributed by atoms with Gasteiger partial charge in [-0.3, -0.25) is 9.20 Å². The van der Waals surface area contributed by atoms with Crippen LogP contribution in [0.1, 0.15) is 31.2 Å². The van der Waals surface area contributed by atoms with E-state index in [1.807, 2.05) is 45.8 Å². The second-order valence-electron chi connectivity index (χ2n) is 9.02. The molecule has 9 nitrogen and oxygen atoms in total. The standard InChI is InChI=1S/C27H29ClN6O3/c1-17(36-2)26(35)33-12-9-18(10-13-33)19-7-8-21(23(14-19)37-3)31-27-30-15-20(28)25(32-27)22-16-29-24-6-4-5-11-34(22)24/h4-8,11,14-18H,9-10,12-13H2,1-3H3,(H,30,31,32)/t17-/m0/s1. The van der Waals surface area contributed by atoms with Crippen LogP contribution in [0.3, 0.4) is 0 Å². The Balaban J connectivity index is 1.33. The number of methoxy groups -OCH3 is 2. The van der Waals surface area contributed by atoms with E-state index in [-0.39, 0.29) is 5.91 Å². The summed E-state index contributed by atoms with van der Waals surface area (Å²) in [4.78, 5) is 27.8. The predicted octanol–water partition coefficient (Wildman–Crippen LogP) is 4.94. The molecule has 0 unspecified atom stereocenters. The molecule has 3 aromatic heterocycles. The fourth-order valence-corrected chi connectivity index (χ4v) is 4.88. The third kappa shape index (κ3) is 5.10. The highest BCUT2D eigenvalue weighted by Gasteiger charge is 2.27. The smallest absolute Gasteiger partial charge is 0.251 e. The maximum atomic E-state index is 12.4. The predicted molar refractivity (Wildman–Crippen MR) is 143 cm³/mol. The van der Waals surface area contributed by atoms with Crippen molar-refractivity contribution in [3.05, 3.63) is 65.6 Å². The van der Waals surface area contributed by atoms with Gasteiger partial charge in [0.05, 0.1) is 35.9 Å². The maximum Gasteiger partial charge on any atom is 0.251 e. The van der Waals surface area contributed by atoms with E-state index in [0.29, 0.717) is 41.4 Å². The van der Waals surface area contributed by atoms with Crippen LogP contribution in [-0.4, -0.2) is 63.6 Å². The number of anilines is 2. The van der Waals surface area contributed by atoms with E-state index in [0.717, 1.165) is 29.9 Å². The molecular formula is C27H29ClN6O3. The molecule has 37 heavy (non-hydrogen) atoms. The van der Waals surface area contributed by atoms with E-state index in [9.17, 15) is 4.79 Å². The summed E-state index contributed by atoms with van der Waals surface area (Å²) in [6.45, 7) is 3.21. The van der Waals surface area contributed by atoms with Gasteiger partial charge in [-0.15, -0.1) is 0 Å². The number of benzene rings is 1. The number of rotatable bonds is 7. The average molecular weight is 521 g/mol. The van der Waals surface area contributed by atoms with Crippen LogP contribution in [0.4, 0.5) is 11.6 Å². The van der Waals surface area contributed by atoms with Crippen LogP contribution < -0.4 is 10.1 Å². The lowest BCUT2D eigenvalue weighted by atomic mass is 9.89. The Labute approximate surface area is 220 Å². The van der Waals surface area contributed by atoms with Gasteiger partial charge in [-0.25, -0.2) is 15.0 Å². The number of amides is 1. The molecule has 4 aromatic rings. The Morgan fingerprint density at radius 2 is 1.95 bits per heavy atom. The van der Waals surface area contributed by atoms with E-state index in [1.54, 1.807) is 33.5 Å². The van der Waals surface area contributed by atoms with Crippen molar-refractivity contribution in [2.24, 2.45) is 0 Å². The van der Waals surface area contributed by atoms with Gasteiger partial charge < -0.3 is 19.7 Å². The number of piperidine rings is 1. The Hall–Kier alpha value is -3.69. The quantitative estimate of drug-likeness (QED) is 0.369. The molecule has 1 aliphatic rings. The van der Waals surface area contributed by atoms with Crippen molar-refractivity contribution >= 4 is 34.8 Å². The number of likely N-dealkylation sites (tertiary alicyclic amines) is 1. The number of carbonyl (C=O) groups excluding carboxylic acids is 1. The van der Waals surface area contributed by atoms with Gasteiger partial charge in [0.1, 0.15) is 23.2 Å². The summed E-state index contributed by atoms with van der Waals surface area (Å²) < 4.78 is 12.8. The molecule has 1 saturated heterocycles. The second kappa shape index (κ2) is 10.7. The van der Waals surface area contributed by atoms with Gasteiger partial charge in [-0.05, 0) is 55.5 Å². The molecule has 0 bridgehead atoms. The molecule has 1 atom stereocenters. The number of ether oxygens (including phenoxy) is 2. The molecule has 0 saturated carbocycles. The minimum atomic E-state index is -0.412. The minimum absolute atomic E-state index is 0.0457. The Bertz CT molecular complexity index is 1420. The Morgan fingerprint density at radius 3 is 2.70 bits per heavy atom. The highest BCUT2D eigenvalue weighted by atomic mass is 35.5. The average Bonchev–Trinajstić information content (AvgIpc) is 3.37. The molecule has 0 aliphatic carbocycles. The summed E-state index contributed by atoms with van der Waals surface area (Å²) in [6.07, 6.45) is 6.61. The van der Waals surface area contributed by atoms with Gasteiger partial charge in [0.2, 0.25) is 5.95 Å². The molecule has 0 radical (unpaired) electrons. The van der Waals surface area contributed by atoms with Gasteiger partial charge in [0.15, 0.2) is 0 Å². The zero-order chi connectivity index (χ0) is 25.9. The fourth-order valence-electron chi connectivity index (χ4n) is 4.69. The summed E-state index contributed by atoms with van der Waals surface area (Å²) in [5, 5.41) is 3.70. The number of nitrogens with zero attached hydrogens (tertiary/aromatic N) is 5. The molecule has 1 fully saturated rings. The first kappa shape index (κ1) is 25.0. The highest BCUT2D eigenvalue weighted by molar-refractivity contribution is 6.32. The third-order valence-electron chi connectivity index (χ3n) is 6.86. The lowest BCUT2D eigenvalue weighted by molar-refractivity contribution is -0.142. The number of aromatic nitrogens is 4. The zero-order valence-electron chi connectivity index (χ0n) is 21.0. The SMILES string of the molecule is COc1cc(C2CCN(C(=O)[C@H](C)OC)CC2)ccc1Nc1ncc(Cl)c(-c2cnc3ccccn23)n1. The third-order valence-corrected chi connectivity index (χ3v) is 7.13. The van der Waals surface area contributed by atoms with Crippen molar-refractivity contribution in [2.75, 3.05) is 32.6 Å². The molecule has 1 aliphatic heterocycles. The highest BCUT2D eigenvalue weighted by Crippen LogP contribution is 2.35. The topological polar surface area (TPSA) is 93.9 Å². The first-order chi connectivity index (χ1) is 18.0. The molecule has 1 amide bonds. The van der Waals surface area contributed by atoms with E-state index >= 15 is 0 Å². The van der Waals surface area contributed by atoms with Crippen molar-refractivity contribution in [1.82, 2.24) is 24.3 Å². The van der Waals surface area contributed by atoms with Crippen LogP contribution in [0, 0.1) is 0 Å². The molecule has 192 valence electrons. The molecule has 4 heterocycles. The Kier molecular flexibility index (Phi) is 7.25. The van der Waals surface area contributed by atoms with Crippen LogP contribution >= 0.6 is 11.6 Å². The first-order valence-corrected chi connectivity index (χ1v) is 12.6. The van der Waals surface area contributed by atoms with Crippen LogP contribution in [0.15, 0.2) is 55.0 Å². The zero-order valence-corrected chi connectivity index (χ0v) is 21.8. The lowest BCUT2D eigenvalue weighted by Crippen LogP contribution is -2.43. The summed E-state index contributed by atoms with van der Waals surface area (Å²) in [6, 6.07) is 11.9. The van der Waals surface area contributed by atoms with Gasteiger partial charge in [-0.1, -0.05) is 23.7 Å². The van der Waals surface area contributed by atoms with Crippen molar-refractivity contribution in [2.45, 2.75) is 31.8 Å². The molecule has 1 aromatic carbocycles. The molecule has 1 N–H and O–H groups in total. The summed E-state index contributed by atoms with van der Waals surface area (Å²) in [7, 11) is 3.21. The van der Waals surface area contributed by atoms with Gasteiger partial charge in [0, 0.05) is 26.4 Å². The normalized spacial score (nSPS) is 15.1. The monoisotopic (exact) mass is 520 g/mol. The van der Waals surface area contributed by atoms with E-state index in [4.69, 9.17) is 21.1 Å². The van der Waals surface area contributed by atoms with Crippen molar-refractivity contribution in [1.29, 1.82) is 0 Å². The fraction of sp³-hybridized carbons (Fsp3) is 0.333. The van der Waals surface area contributed by atoms with Crippen molar-refractivity contribution in [3.8, 4) is 17.1 Å². The first-order valence-electron chi connectivity index (χ1n) is 12.2. The van der Waals surface area contributed by atoms with Crippen LogP contribution in [0.5, 0.6) is 5.75 Å². The minimum Gasteiger partial charge on any atom is -0.495 e. The molecule has 5 rings (SSSR count). The van der Waals surface area contributed by atoms with Gasteiger partial charge in [0.25, 0.3) is 5.91 Å². The molecular weight excluding hydrogens is 492 g/mol.